The first kappa shape index (κ1) is 16.0. The first-order chi connectivity index (χ1) is 10.7. The molecule has 0 aliphatic heterocycles. The van der Waals surface area contributed by atoms with Gasteiger partial charge in [0.25, 0.3) is 5.91 Å². The fourth-order valence-corrected chi connectivity index (χ4v) is 2.03. The number of hydrogen-bond donors (Lipinski definition) is 1. The Hall–Kier alpha value is -2.42. The summed E-state index contributed by atoms with van der Waals surface area (Å²) in [5.74, 6) is 0.513. The van der Waals surface area contributed by atoms with Gasteiger partial charge in [-0.1, -0.05) is 61.4 Å². The van der Waals surface area contributed by atoms with Gasteiger partial charge in [0.05, 0.1) is 0 Å². The highest BCUT2D eigenvalue weighted by molar-refractivity contribution is 6.12. The number of aryl methyl sites for hydroxylation is 1. The molecule has 0 spiro atoms. The molecule has 114 valence electrons. The normalized spacial score (nSPS) is 11.3. The molecule has 0 atom stereocenters. The van der Waals surface area contributed by atoms with Crippen LogP contribution in [0.4, 0.5) is 0 Å². The highest BCUT2D eigenvalue weighted by Gasteiger charge is 2.10. The first-order valence-corrected chi connectivity index (χ1v) is 7.68. The average Bonchev–Trinajstić information content (AvgIpc) is 2.55. The van der Waals surface area contributed by atoms with Crippen LogP contribution in [-0.2, 0) is 0 Å². The van der Waals surface area contributed by atoms with Crippen LogP contribution in [0.15, 0.2) is 59.6 Å². The van der Waals surface area contributed by atoms with Gasteiger partial charge in [-0.25, -0.2) is 0 Å². The molecule has 3 nitrogen and oxygen atoms in total. The Kier molecular flexibility index (Phi) is 5.90. The van der Waals surface area contributed by atoms with Crippen molar-refractivity contribution in [1.82, 2.24) is 5.32 Å². The van der Waals surface area contributed by atoms with Crippen LogP contribution in [0.5, 0.6) is 0 Å². The summed E-state index contributed by atoms with van der Waals surface area (Å²) in [6.07, 6.45) is 2.09. The molecule has 0 heterocycles. The van der Waals surface area contributed by atoms with Crippen LogP contribution in [0.2, 0.25) is 0 Å². The van der Waals surface area contributed by atoms with Crippen LogP contribution < -0.4 is 5.32 Å². The third-order valence-electron chi connectivity index (χ3n) is 3.37. The Labute approximate surface area is 132 Å². The fraction of sp³-hybridized carbons (Fsp3) is 0.263. The van der Waals surface area contributed by atoms with Gasteiger partial charge in [-0.2, -0.15) is 0 Å². The predicted molar refractivity (Wildman–Crippen MR) is 91.4 cm³/mol. The molecule has 2 aromatic rings. The molecule has 2 rings (SSSR count). The zero-order valence-corrected chi connectivity index (χ0v) is 13.2. The molecule has 0 saturated carbocycles. The second-order valence-corrected chi connectivity index (χ2v) is 5.27. The van der Waals surface area contributed by atoms with Gasteiger partial charge in [0.2, 0.25) is 0 Å². The third-order valence-corrected chi connectivity index (χ3v) is 3.37. The minimum Gasteiger partial charge on any atom is -0.306 e. The third kappa shape index (κ3) is 4.55. The van der Waals surface area contributed by atoms with E-state index in [1.807, 2.05) is 61.5 Å². The van der Waals surface area contributed by atoms with Gasteiger partial charge in [0.15, 0.2) is 0 Å². The number of unbranched alkanes of at least 4 members (excludes halogenated alkanes) is 1. The van der Waals surface area contributed by atoms with E-state index >= 15 is 0 Å². The van der Waals surface area contributed by atoms with E-state index in [1.54, 1.807) is 0 Å². The van der Waals surface area contributed by atoms with Crippen LogP contribution in [0, 0.1) is 6.92 Å². The lowest BCUT2D eigenvalue weighted by atomic mass is 10.1. The maximum absolute atomic E-state index is 12.4. The number of benzene rings is 2. The molecule has 0 unspecified atom stereocenters. The number of nitrogens with zero attached hydrogens (tertiary/aromatic N) is 1. The van der Waals surface area contributed by atoms with Crippen LogP contribution in [0.3, 0.4) is 0 Å². The Bertz CT molecular complexity index is 630. The number of aliphatic imine (C=N–C) groups is 1. The van der Waals surface area contributed by atoms with Gasteiger partial charge in [-0.3, -0.25) is 9.79 Å². The number of hydrogen-bond acceptors (Lipinski definition) is 2. The summed E-state index contributed by atoms with van der Waals surface area (Å²) in [7, 11) is 0. The van der Waals surface area contributed by atoms with E-state index in [0.29, 0.717) is 11.4 Å². The Morgan fingerprint density at radius 3 is 2.32 bits per heavy atom. The molecular weight excluding hydrogens is 272 g/mol. The summed E-state index contributed by atoms with van der Waals surface area (Å²) in [4.78, 5) is 16.9. The molecule has 3 heteroatoms. The monoisotopic (exact) mass is 294 g/mol. The lowest BCUT2D eigenvalue weighted by Crippen LogP contribution is -2.31. The molecule has 0 radical (unpaired) electrons. The lowest BCUT2D eigenvalue weighted by molar-refractivity contribution is 0.0977. The molecule has 0 bridgehead atoms. The molecule has 2 aromatic carbocycles. The molecule has 0 aromatic heterocycles. The van der Waals surface area contributed by atoms with Gasteiger partial charge in [-0.15, -0.1) is 0 Å². The van der Waals surface area contributed by atoms with Gasteiger partial charge in [0, 0.05) is 17.7 Å². The van der Waals surface area contributed by atoms with Crippen molar-refractivity contribution in [2.45, 2.75) is 26.7 Å². The first-order valence-electron chi connectivity index (χ1n) is 7.68. The molecule has 1 N–H and O–H groups in total. The minimum atomic E-state index is -0.126. The van der Waals surface area contributed by atoms with Crippen LogP contribution in [0.1, 0.15) is 41.3 Å². The number of amidine groups is 1. The quantitative estimate of drug-likeness (QED) is 0.506. The second kappa shape index (κ2) is 8.13. The van der Waals surface area contributed by atoms with Crippen molar-refractivity contribution in [2.24, 2.45) is 4.99 Å². The van der Waals surface area contributed by atoms with Crippen molar-refractivity contribution < 1.29 is 4.79 Å². The summed E-state index contributed by atoms with van der Waals surface area (Å²) in [5, 5.41) is 2.94. The summed E-state index contributed by atoms with van der Waals surface area (Å²) >= 11 is 0. The maximum atomic E-state index is 12.4. The zero-order chi connectivity index (χ0) is 15.8. The van der Waals surface area contributed by atoms with E-state index in [-0.39, 0.29) is 5.91 Å². The maximum Gasteiger partial charge on any atom is 0.256 e. The van der Waals surface area contributed by atoms with Crippen molar-refractivity contribution in [3.63, 3.8) is 0 Å². The number of nitrogens with one attached hydrogen (secondary N) is 1. The van der Waals surface area contributed by atoms with E-state index in [4.69, 9.17) is 0 Å². The summed E-state index contributed by atoms with van der Waals surface area (Å²) in [6, 6.07) is 17.3. The van der Waals surface area contributed by atoms with Crippen LogP contribution in [0.25, 0.3) is 0 Å². The smallest absolute Gasteiger partial charge is 0.256 e. The van der Waals surface area contributed by atoms with Crippen LogP contribution in [-0.4, -0.2) is 18.3 Å². The number of carbonyl (C=O) groups is 1. The average molecular weight is 294 g/mol. The largest absolute Gasteiger partial charge is 0.306 e. The van der Waals surface area contributed by atoms with Crippen molar-refractivity contribution in [2.75, 3.05) is 6.54 Å². The van der Waals surface area contributed by atoms with Gasteiger partial charge in [-0.05, 0) is 25.5 Å². The minimum absolute atomic E-state index is 0.126. The zero-order valence-electron chi connectivity index (χ0n) is 13.2. The SMILES string of the molecule is CCCCN=C(NC(=O)c1ccc(C)cc1)c1ccccc1. The molecule has 0 saturated heterocycles. The number of carbonyl (C=O) groups excluding carboxylic acids is 1. The van der Waals surface area contributed by atoms with Crippen molar-refractivity contribution in [3.8, 4) is 0 Å². The van der Waals surface area contributed by atoms with Gasteiger partial charge < -0.3 is 5.32 Å². The van der Waals surface area contributed by atoms with E-state index in [9.17, 15) is 4.79 Å². The van der Waals surface area contributed by atoms with Gasteiger partial charge >= 0.3 is 0 Å². The van der Waals surface area contributed by atoms with E-state index in [1.165, 1.54) is 0 Å². The Morgan fingerprint density at radius 1 is 1.00 bits per heavy atom. The van der Waals surface area contributed by atoms with Crippen LogP contribution >= 0.6 is 0 Å². The number of amides is 1. The second-order valence-electron chi connectivity index (χ2n) is 5.27. The summed E-state index contributed by atoms with van der Waals surface area (Å²) < 4.78 is 0. The molecular formula is C19H22N2O. The van der Waals surface area contributed by atoms with E-state index < -0.39 is 0 Å². The topological polar surface area (TPSA) is 41.5 Å². The highest BCUT2D eigenvalue weighted by atomic mass is 16.1. The Balaban J connectivity index is 2.17. The molecule has 0 fully saturated rings. The van der Waals surface area contributed by atoms with Crippen molar-refractivity contribution in [1.29, 1.82) is 0 Å². The lowest BCUT2D eigenvalue weighted by Gasteiger charge is -2.10. The molecule has 1 amide bonds. The fourth-order valence-electron chi connectivity index (χ4n) is 2.03. The molecule has 0 aliphatic rings. The number of rotatable bonds is 5. The molecule has 22 heavy (non-hydrogen) atoms. The Morgan fingerprint density at radius 2 is 1.68 bits per heavy atom. The standard InChI is InChI=1S/C19H22N2O/c1-3-4-14-20-18(16-8-6-5-7-9-16)21-19(22)17-12-10-15(2)11-13-17/h5-13H,3-4,14H2,1-2H3,(H,20,21,22). The van der Waals surface area contributed by atoms with E-state index in [2.05, 4.69) is 17.2 Å². The van der Waals surface area contributed by atoms with Gasteiger partial charge in [0.1, 0.15) is 5.84 Å². The predicted octanol–water partition coefficient (Wildman–Crippen LogP) is 3.97. The molecule has 0 aliphatic carbocycles. The van der Waals surface area contributed by atoms with E-state index in [0.717, 1.165) is 30.5 Å². The summed E-state index contributed by atoms with van der Waals surface area (Å²) in [6.45, 7) is 4.85. The van der Waals surface area contributed by atoms with Crippen molar-refractivity contribution in [3.05, 3.63) is 71.3 Å². The highest BCUT2D eigenvalue weighted by Crippen LogP contribution is 2.05. The van der Waals surface area contributed by atoms with Crippen molar-refractivity contribution >= 4 is 11.7 Å². The summed E-state index contributed by atoms with van der Waals surface area (Å²) in [5.41, 5.74) is 2.71.